The van der Waals surface area contributed by atoms with Gasteiger partial charge in [0.25, 0.3) is 0 Å². The van der Waals surface area contributed by atoms with Gasteiger partial charge in [0.15, 0.2) is 0 Å². The Morgan fingerprint density at radius 2 is 2.00 bits per heavy atom. The van der Waals surface area contributed by atoms with Crippen LogP contribution in [-0.2, 0) is 0 Å². The maximum atomic E-state index is 11.1. The lowest BCUT2D eigenvalue weighted by Gasteiger charge is -1.98. The van der Waals surface area contributed by atoms with Crippen LogP contribution in [-0.4, -0.2) is 18.9 Å². The van der Waals surface area contributed by atoms with Crippen molar-refractivity contribution in [2.45, 2.75) is 13.1 Å². The van der Waals surface area contributed by atoms with Crippen LogP contribution < -0.4 is 0 Å². The Hall–Kier alpha value is -0.540. The summed E-state index contributed by atoms with van der Waals surface area (Å²) < 4.78 is 33.4. The molecular formula is C4H6F3N. The van der Waals surface area contributed by atoms with Gasteiger partial charge in [0.2, 0.25) is 0 Å². The first-order valence-electron chi connectivity index (χ1n) is 2.07. The Morgan fingerprint density at radius 1 is 1.50 bits per heavy atom. The number of halogens is 3. The molecule has 0 aliphatic rings. The number of nitrogens with zero attached hydrogens (tertiary/aromatic N) is 1. The van der Waals surface area contributed by atoms with Crippen LogP contribution in [0.1, 0.15) is 6.92 Å². The SMILES string of the molecule is C/C=N\CC(F)(F)F. The van der Waals surface area contributed by atoms with E-state index in [4.69, 9.17) is 0 Å². The lowest BCUT2D eigenvalue weighted by Crippen LogP contribution is -2.11. The normalized spacial score (nSPS) is 13.0. The van der Waals surface area contributed by atoms with Crippen LogP contribution in [0.5, 0.6) is 0 Å². The van der Waals surface area contributed by atoms with Crippen LogP contribution in [0.25, 0.3) is 0 Å². The summed E-state index contributed by atoms with van der Waals surface area (Å²) in [4.78, 5) is 2.99. The highest BCUT2D eigenvalue weighted by Crippen LogP contribution is 2.13. The number of rotatable bonds is 1. The van der Waals surface area contributed by atoms with E-state index >= 15 is 0 Å². The molecule has 0 bridgehead atoms. The topological polar surface area (TPSA) is 12.4 Å². The van der Waals surface area contributed by atoms with Gasteiger partial charge in [-0.25, -0.2) is 0 Å². The number of hydrogen-bond donors (Lipinski definition) is 0. The summed E-state index contributed by atoms with van der Waals surface area (Å²) in [6.45, 7) is 0.384. The molecule has 0 aromatic carbocycles. The first kappa shape index (κ1) is 7.46. The van der Waals surface area contributed by atoms with Crippen molar-refractivity contribution in [1.29, 1.82) is 0 Å². The Kier molecular flexibility index (Phi) is 2.51. The van der Waals surface area contributed by atoms with Crippen LogP contribution >= 0.6 is 0 Å². The second kappa shape index (κ2) is 2.69. The lowest BCUT2D eigenvalue weighted by molar-refractivity contribution is -0.118. The fraction of sp³-hybridized carbons (Fsp3) is 0.750. The van der Waals surface area contributed by atoms with E-state index in [1.165, 1.54) is 6.92 Å². The molecule has 0 heterocycles. The van der Waals surface area contributed by atoms with Crippen LogP contribution in [0.4, 0.5) is 13.2 Å². The zero-order valence-electron chi connectivity index (χ0n) is 4.37. The van der Waals surface area contributed by atoms with Crippen LogP contribution in [0.15, 0.2) is 4.99 Å². The molecule has 0 aliphatic heterocycles. The zero-order valence-corrected chi connectivity index (χ0v) is 4.37. The molecule has 48 valence electrons. The fourth-order valence-corrected chi connectivity index (χ4v) is 0.195. The van der Waals surface area contributed by atoms with Gasteiger partial charge in [0.1, 0.15) is 6.54 Å². The summed E-state index contributed by atoms with van der Waals surface area (Å²) in [5.41, 5.74) is 0. The highest BCUT2D eigenvalue weighted by atomic mass is 19.4. The molecule has 0 unspecified atom stereocenters. The first-order valence-corrected chi connectivity index (χ1v) is 2.07. The maximum absolute atomic E-state index is 11.1. The largest absolute Gasteiger partial charge is 0.407 e. The number of alkyl halides is 3. The molecule has 0 N–H and O–H groups in total. The van der Waals surface area contributed by atoms with Crippen LogP contribution in [0.2, 0.25) is 0 Å². The Morgan fingerprint density at radius 3 is 2.12 bits per heavy atom. The van der Waals surface area contributed by atoms with Crippen molar-refractivity contribution >= 4 is 6.21 Å². The Balaban J connectivity index is 3.39. The van der Waals surface area contributed by atoms with Gasteiger partial charge in [0.05, 0.1) is 0 Å². The average molecular weight is 125 g/mol. The molecule has 0 aromatic heterocycles. The van der Waals surface area contributed by atoms with E-state index in [1.807, 2.05) is 0 Å². The van der Waals surface area contributed by atoms with Crippen molar-refractivity contribution in [3.05, 3.63) is 0 Å². The summed E-state index contributed by atoms with van der Waals surface area (Å²) >= 11 is 0. The van der Waals surface area contributed by atoms with E-state index in [2.05, 4.69) is 4.99 Å². The molecule has 0 spiro atoms. The predicted molar refractivity (Wildman–Crippen MR) is 25.1 cm³/mol. The standard InChI is InChI=1S/C4H6F3N/c1-2-8-3-4(5,6)7/h2H,3H2,1H3/b8-2-. The van der Waals surface area contributed by atoms with Crippen LogP contribution in [0.3, 0.4) is 0 Å². The highest BCUT2D eigenvalue weighted by molar-refractivity contribution is 5.53. The monoisotopic (exact) mass is 125 g/mol. The van der Waals surface area contributed by atoms with E-state index < -0.39 is 12.7 Å². The van der Waals surface area contributed by atoms with Gasteiger partial charge in [-0.3, -0.25) is 4.99 Å². The Labute approximate surface area is 45.2 Å². The second-order valence-electron chi connectivity index (χ2n) is 1.21. The van der Waals surface area contributed by atoms with Gasteiger partial charge in [0, 0.05) is 0 Å². The van der Waals surface area contributed by atoms with Gasteiger partial charge in [-0.15, -0.1) is 0 Å². The van der Waals surface area contributed by atoms with Crippen molar-refractivity contribution in [2.24, 2.45) is 4.99 Å². The molecule has 0 aliphatic carbocycles. The minimum Gasteiger partial charge on any atom is -0.288 e. The van der Waals surface area contributed by atoms with Crippen molar-refractivity contribution in [3.63, 3.8) is 0 Å². The van der Waals surface area contributed by atoms with Crippen LogP contribution in [0, 0.1) is 0 Å². The maximum Gasteiger partial charge on any atom is 0.407 e. The van der Waals surface area contributed by atoms with Gasteiger partial charge < -0.3 is 0 Å². The number of hydrogen-bond acceptors (Lipinski definition) is 1. The molecule has 0 fully saturated rings. The van der Waals surface area contributed by atoms with Crippen molar-refractivity contribution in [3.8, 4) is 0 Å². The highest BCUT2D eigenvalue weighted by Gasteiger charge is 2.25. The molecule has 0 aromatic rings. The molecule has 0 amide bonds. The smallest absolute Gasteiger partial charge is 0.288 e. The number of aliphatic imine (C=N–C) groups is 1. The third-order valence-electron chi connectivity index (χ3n) is 0.453. The summed E-state index contributed by atoms with van der Waals surface area (Å²) in [6.07, 6.45) is -3.01. The molecule has 0 saturated carbocycles. The fourth-order valence-electron chi connectivity index (χ4n) is 0.195. The van der Waals surface area contributed by atoms with Gasteiger partial charge in [-0.05, 0) is 13.1 Å². The minimum absolute atomic E-state index is 1.07. The van der Waals surface area contributed by atoms with Crippen molar-refractivity contribution < 1.29 is 13.2 Å². The minimum atomic E-state index is -4.15. The van der Waals surface area contributed by atoms with E-state index in [-0.39, 0.29) is 0 Å². The molecule has 0 radical (unpaired) electrons. The lowest BCUT2D eigenvalue weighted by atomic mass is 10.6. The average Bonchev–Trinajstić information content (AvgIpc) is 1.59. The zero-order chi connectivity index (χ0) is 6.62. The van der Waals surface area contributed by atoms with Gasteiger partial charge >= 0.3 is 6.18 Å². The molecule has 0 atom stereocenters. The summed E-state index contributed by atoms with van der Waals surface area (Å²) in [7, 11) is 0. The first-order chi connectivity index (χ1) is 3.56. The summed E-state index contributed by atoms with van der Waals surface area (Å²) in [5, 5.41) is 0. The molecule has 0 rings (SSSR count). The molecular weight excluding hydrogens is 119 g/mol. The predicted octanol–water partition coefficient (Wildman–Crippen LogP) is 1.64. The summed E-state index contributed by atoms with van der Waals surface area (Å²) in [6, 6.07) is 0. The molecule has 0 saturated heterocycles. The van der Waals surface area contributed by atoms with E-state index in [9.17, 15) is 13.2 Å². The van der Waals surface area contributed by atoms with Gasteiger partial charge in [-0.2, -0.15) is 13.2 Å². The second-order valence-corrected chi connectivity index (χ2v) is 1.21. The van der Waals surface area contributed by atoms with Crippen molar-refractivity contribution in [2.75, 3.05) is 6.54 Å². The Bertz CT molecular complexity index is 83.8. The summed E-state index contributed by atoms with van der Waals surface area (Å²) in [5.74, 6) is 0. The third-order valence-corrected chi connectivity index (χ3v) is 0.453. The van der Waals surface area contributed by atoms with E-state index in [0.717, 1.165) is 6.21 Å². The van der Waals surface area contributed by atoms with E-state index in [1.54, 1.807) is 0 Å². The quantitative estimate of drug-likeness (QED) is 0.472. The molecule has 8 heavy (non-hydrogen) atoms. The van der Waals surface area contributed by atoms with E-state index in [0.29, 0.717) is 0 Å². The molecule has 1 nitrogen and oxygen atoms in total. The van der Waals surface area contributed by atoms with Crippen molar-refractivity contribution in [1.82, 2.24) is 0 Å². The van der Waals surface area contributed by atoms with Gasteiger partial charge in [-0.1, -0.05) is 0 Å². The third kappa shape index (κ3) is 5.46. The molecule has 4 heteroatoms.